The Bertz CT molecular complexity index is 1360. The van der Waals surface area contributed by atoms with Crippen molar-refractivity contribution in [3.8, 4) is 22.9 Å². The average molecular weight is 470 g/mol. The van der Waals surface area contributed by atoms with E-state index in [1.165, 1.54) is 12.1 Å². The monoisotopic (exact) mass is 469 g/mol. The van der Waals surface area contributed by atoms with E-state index in [1.807, 2.05) is 48.2 Å². The minimum absolute atomic E-state index is 0.0361. The average Bonchev–Trinajstić information content (AvgIpc) is 3.39. The Labute approximate surface area is 201 Å². The van der Waals surface area contributed by atoms with Gasteiger partial charge in [0.25, 0.3) is 11.6 Å². The summed E-state index contributed by atoms with van der Waals surface area (Å²) in [5.41, 5.74) is 4.27. The molecule has 1 saturated heterocycles. The van der Waals surface area contributed by atoms with E-state index in [0.717, 1.165) is 22.4 Å². The highest BCUT2D eigenvalue weighted by Gasteiger charge is 2.23. The first-order valence-corrected chi connectivity index (χ1v) is 11.3. The van der Waals surface area contributed by atoms with Crippen LogP contribution in [0.15, 0.2) is 77.2 Å². The number of nitrogens with zero attached hydrogens (tertiary/aromatic N) is 5. The normalized spacial score (nSPS) is 13.6. The molecule has 1 aliphatic heterocycles. The molecule has 3 aromatic carbocycles. The van der Waals surface area contributed by atoms with Crippen molar-refractivity contribution in [1.82, 2.24) is 15.1 Å². The lowest BCUT2D eigenvalue weighted by Gasteiger charge is -2.36. The third-order valence-electron chi connectivity index (χ3n) is 6.17. The van der Waals surface area contributed by atoms with Crippen molar-refractivity contribution < 1.29 is 14.1 Å². The van der Waals surface area contributed by atoms with Gasteiger partial charge in [-0.05, 0) is 55.0 Å². The second-order valence-electron chi connectivity index (χ2n) is 8.36. The van der Waals surface area contributed by atoms with Crippen LogP contribution in [-0.4, -0.2) is 52.1 Å². The molecule has 5 rings (SSSR count). The van der Waals surface area contributed by atoms with E-state index in [4.69, 9.17) is 4.42 Å². The van der Waals surface area contributed by atoms with E-state index in [1.54, 1.807) is 24.3 Å². The van der Waals surface area contributed by atoms with E-state index >= 15 is 0 Å². The maximum absolute atomic E-state index is 13.0. The highest BCUT2D eigenvalue weighted by molar-refractivity contribution is 5.94. The molecule has 1 aliphatic rings. The zero-order chi connectivity index (χ0) is 24.4. The van der Waals surface area contributed by atoms with Crippen LogP contribution in [0.1, 0.15) is 15.9 Å². The summed E-state index contributed by atoms with van der Waals surface area (Å²) in [6, 6.07) is 21.5. The highest BCUT2D eigenvalue weighted by atomic mass is 16.6. The van der Waals surface area contributed by atoms with Crippen LogP contribution >= 0.6 is 0 Å². The fourth-order valence-electron chi connectivity index (χ4n) is 4.15. The maximum atomic E-state index is 13.0. The lowest BCUT2D eigenvalue weighted by atomic mass is 10.1. The zero-order valence-corrected chi connectivity index (χ0v) is 19.1. The van der Waals surface area contributed by atoms with Crippen LogP contribution < -0.4 is 4.90 Å². The number of nitro groups is 1. The van der Waals surface area contributed by atoms with Crippen LogP contribution in [0.25, 0.3) is 22.9 Å². The molecule has 35 heavy (non-hydrogen) atoms. The summed E-state index contributed by atoms with van der Waals surface area (Å²) >= 11 is 0. The number of nitro benzene ring substituents is 1. The molecular weight excluding hydrogens is 446 g/mol. The number of aromatic nitrogens is 2. The Balaban J connectivity index is 1.22. The maximum Gasteiger partial charge on any atom is 0.269 e. The summed E-state index contributed by atoms with van der Waals surface area (Å²) in [7, 11) is 0. The summed E-state index contributed by atoms with van der Waals surface area (Å²) in [5.74, 6) is 0.828. The molecule has 0 saturated carbocycles. The molecule has 1 fully saturated rings. The molecule has 1 amide bonds. The fourth-order valence-corrected chi connectivity index (χ4v) is 4.15. The first-order chi connectivity index (χ1) is 17.0. The van der Waals surface area contributed by atoms with Gasteiger partial charge in [0.2, 0.25) is 11.8 Å². The molecule has 0 N–H and O–H groups in total. The van der Waals surface area contributed by atoms with Crippen LogP contribution in [-0.2, 0) is 0 Å². The van der Waals surface area contributed by atoms with Crippen LogP contribution in [0.4, 0.5) is 11.4 Å². The Hall–Kier alpha value is -4.53. The first-order valence-electron chi connectivity index (χ1n) is 11.3. The third kappa shape index (κ3) is 4.61. The van der Waals surface area contributed by atoms with Crippen molar-refractivity contribution in [3.63, 3.8) is 0 Å². The van der Waals surface area contributed by atoms with Gasteiger partial charge in [-0.15, -0.1) is 10.2 Å². The van der Waals surface area contributed by atoms with Crippen molar-refractivity contribution in [2.45, 2.75) is 6.92 Å². The van der Waals surface area contributed by atoms with E-state index in [0.29, 0.717) is 43.5 Å². The van der Waals surface area contributed by atoms with E-state index in [2.05, 4.69) is 15.1 Å². The number of aryl methyl sites for hydroxylation is 1. The molecule has 2 heterocycles. The Kier molecular flexibility index (Phi) is 5.97. The topological polar surface area (TPSA) is 106 Å². The number of piperazine rings is 1. The number of carbonyl (C=O) groups is 1. The van der Waals surface area contributed by atoms with Gasteiger partial charge in [-0.3, -0.25) is 14.9 Å². The van der Waals surface area contributed by atoms with E-state index in [-0.39, 0.29) is 11.6 Å². The molecule has 9 heteroatoms. The van der Waals surface area contributed by atoms with Crippen molar-refractivity contribution in [2.24, 2.45) is 0 Å². The Morgan fingerprint density at radius 2 is 1.54 bits per heavy atom. The van der Waals surface area contributed by atoms with Crippen LogP contribution in [0.2, 0.25) is 0 Å². The predicted molar refractivity (Wildman–Crippen MR) is 131 cm³/mol. The minimum Gasteiger partial charge on any atom is -0.416 e. The van der Waals surface area contributed by atoms with Gasteiger partial charge in [0, 0.05) is 60.7 Å². The number of carbonyl (C=O) groups excluding carboxylic acids is 1. The van der Waals surface area contributed by atoms with Crippen molar-refractivity contribution in [1.29, 1.82) is 0 Å². The number of hydrogen-bond acceptors (Lipinski definition) is 7. The van der Waals surface area contributed by atoms with E-state index < -0.39 is 4.92 Å². The van der Waals surface area contributed by atoms with Gasteiger partial charge in [-0.1, -0.05) is 18.2 Å². The second kappa shape index (κ2) is 9.38. The summed E-state index contributed by atoms with van der Waals surface area (Å²) in [4.78, 5) is 27.4. The van der Waals surface area contributed by atoms with Gasteiger partial charge < -0.3 is 14.2 Å². The Morgan fingerprint density at radius 3 is 2.20 bits per heavy atom. The van der Waals surface area contributed by atoms with E-state index in [9.17, 15) is 14.9 Å². The summed E-state index contributed by atoms with van der Waals surface area (Å²) in [6.07, 6.45) is 0. The van der Waals surface area contributed by atoms with Gasteiger partial charge in [0.1, 0.15) is 0 Å². The first kappa shape index (κ1) is 22.3. The van der Waals surface area contributed by atoms with Crippen molar-refractivity contribution in [2.75, 3.05) is 31.1 Å². The lowest BCUT2D eigenvalue weighted by molar-refractivity contribution is -0.384. The largest absolute Gasteiger partial charge is 0.416 e. The van der Waals surface area contributed by atoms with Gasteiger partial charge in [0.15, 0.2) is 0 Å². The molecule has 0 aliphatic carbocycles. The molecule has 0 unspecified atom stereocenters. The van der Waals surface area contributed by atoms with Crippen molar-refractivity contribution >= 4 is 17.3 Å². The molecule has 4 aromatic rings. The SMILES string of the molecule is Cc1ccccc1-c1nnc(-c2ccc(C(=O)N3CCN(c4ccc([N+](=O)[O-])cc4)CC3)cc2)o1. The summed E-state index contributed by atoms with van der Waals surface area (Å²) in [5, 5.41) is 19.2. The molecule has 0 spiro atoms. The zero-order valence-electron chi connectivity index (χ0n) is 19.1. The van der Waals surface area contributed by atoms with Gasteiger partial charge in [0.05, 0.1) is 4.92 Å². The molecule has 1 aromatic heterocycles. The van der Waals surface area contributed by atoms with Crippen LogP contribution in [0, 0.1) is 17.0 Å². The highest BCUT2D eigenvalue weighted by Crippen LogP contribution is 2.27. The van der Waals surface area contributed by atoms with Gasteiger partial charge in [-0.25, -0.2) is 0 Å². The number of rotatable bonds is 5. The number of anilines is 1. The Morgan fingerprint density at radius 1 is 0.886 bits per heavy atom. The van der Waals surface area contributed by atoms with Gasteiger partial charge >= 0.3 is 0 Å². The quantitative estimate of drug-likeness (QED) is 0.311. The smallest absolute Gasteiger partial charge is 0.269 e. The second-order valence-corrected chi connectivity index (χ2v) is 8.36. The lowest BCUT2D eigenvalue weighted by Crippen LogP contribution is -2.48. The summed E-state index contributed by atoms with van der Waals surface area (Å²) in [6.45, 7) is 4.45. The molecule has 0 atom stereocenters. The van der Waals surface area contributed by atoms with Crippen LogP contribution in [0.3, 0.4) is 0 Å². The third-order valence-corrected chi connectivity index (χ3v) is 6.17. The molecule has 176 valence electrons. The number of hydrogen-bond donors (Lipinski definition) is 0. The minimum atomic E-state index is -0.409. The summed E-state index contributed by atoms with van der Waals surface area (Å²) < 4.78 is 5.87. The fraction of sp³-hybridized carbons (Fsp3) is 0.192. The standard InChI is InChI=1S/C26H23N5O4/c1-18-4-2-3-5-23(18)25-28-27-24(35-25)19-6-8-20(9-7-19)26(32)30-16-14-29(15-17-30)21-10-12-22(13-11-21)31(33)34/h2-13H,14-17H2,1H3. The molecule has 0 bridgehead atoms. The number of benzene rings is 3. The molecule has 0 radical (unpaired) electrons. The van der Waals surface area contributed by atoms with Crippen LogP contribution in [0.5, 0.6) is 0 Å². The molecule has 9 nitrogen and oxygen atoms in total. The van der Waals surface area contributed by atoms with Crippen molar-refractivity contribution in [3.05, 3.63) is 94.0 Å². The predicted octanol–water partition coefficient (Wildman–Crippen LogP) is 4.58. The number of amides is 1. The molecular formula is C26H23N5O4. The van der Waals surface area contributed by atoms with Gasteiger partial charge in [-0.2, -0.15) is 0 Å². The number of non-ortho nitro benzene ring substituents is 1.